The minimum absolute atomic E-state index is 1.31. The first-order valence-corrected chi connectivity index (χ1v) is 7.64. The van der Waals surface area contributed by atoms with E-state index in [0.29, 0.717) is 0 Å². The maximum atomic E-state index is 2.18. The van der Waals surface area contributed by atoms with Crippen LogP contribution in [0.15, 0.2) is 84.9 Å². The number of hydrogen-bond donors (Lipinski definition) is 0. The first-order chi connectivity index (χ1) is 10.8. The Labute approximate surface area is 132 Å². The normalized spacial score (nSPS) is 10.3. The molecule has 0 heteroatoms. The predicted octanol–water partition coefficient (Wildman–Crippen LogP) is 6.30. The van der Waals surface area contributed by atoms with Crippen molar-refractivity contribution in [2.45, 2.75) is 13.8 Å². The van der Waals surface area contributed by atoms with E-state index in [1.165, 1.54) is 32.7 Å². The molecule has 0 N–H and O–H groups in total. The van der Waals surface area contributed by atoms with E-state index in [1.807, 2.05) is 0 Å². The Balaban J connectivity index is 0.000000133. The van der Waals surface area contributed by atoms with Crippen LogP contribution >= 0.6 is 0 Å². The van der Waals surface area contributed by atoms with Crippen LogP contribution in [0.3, 0.4) is 0 Å². The molecule has 0 amide bonds. The van der Waals surface area contributed by atoms with E-state index in [-0.39, 0.29) is 0 Å². The van der Waals surface area contributed by atoms with E-state index in [2.05, 4.69) is 98.8 Å². The molecular formula is C22H20. The third-order valence-corrected chi connectivity index (χ3v) is 4.13. The number of fused-ring (bicyclic) bond motifs is 2. The fourth-order valence-electron chi connectivity index (χ4n) is 2.67. The Morgan fingerprint density at radius 1 is 0.455 bits per heavy atom. The highest BCUT2D eigenvalue weighted by Gasteiger charge is 1.97. The van der Waals surface area contributed by atoms with Gasteiger partial charge in [-0.1, -0.05) is 84.9 Å². The van der Waals surface area contributed by atoms with Gasteiger partial charge in [0.15, 0.2) is 0 Å². The monoisotopic (exact) mass is 284 g/mol. The minimum Gasteiger partial charge on any atom is -0.0616 e. The van der Waals surface area contributed by atoms with Crippen molar-refractivity contribution in [1.29, 1.82) is 0 Å². The van der Waals surface area contributed by atoms with Gasteiger partial charge in [-0.25, -0.2) is 0 Å². The molecule has 0 aliphatic carbocycles. The zero-order valence-electron chi connectivity index (χ0n) is 13.1. The van der Waals surface area contributed by atoms with Crippen LogP contribution in [0.25, 0.3) is 21.5 Å². The highest BCUT2D eigenvalue weighted by atomic mass is 14.0. The molecule has 0 saturated carbocycles. The van der Waals surface area contributed by atoms with Crippen molar-refractivity contribution < 1.29 is 0 Å². The number of benzene rings is 4. The van der Waals surface area contributed by atoms with E-state index >= 15 is 0 Å². The lowest BCUT2D eigenvalue weighted by Gasteiger charge is -2.04. The summed E-state index contributed by atoms with van der Waals surface area (Å²) in [6, 6.07) is 29.6. The molecule has 0 nitrogen and oxygen atoms in total. The second-order valence-corrected chi connectivity index (χ2v) is 5.58. The van der Waals surface area contributed by atoms with Gasteiger partial charge in [-0.2, -0.15) is 0 Å². The van der Waals surface area contributed by atoms with Crippen molar-refractivity contribution in [1.82, 2.24) is 0 Å². The average Bonchev–Trinajstić information content (AvgIpc) is 2.59. The Morgan fingerprint density at radius 2 is 0.909 bits per heavy atom. The SMILES string of the molecule is Cc1ccc2ccccc2c1C.c1ccc2ccccc2c1. The number of hydrogen-bond acceptors (Lipinski definition) is 0. The molecule has 0 saturated heterocycles. The lowest BCUT2D eigenvalue weighted by molar-refractivity contribution is 1.38. The second kappa shape index (κ2) is 6.44. The lowest BCUT2D eigenvalue weighted by Crippen LogP contribution is -1.82. The van der Waals surface area contributed by atoms with Crippen LogP contribution in [0, 0.1) is 13.8 Å². The summed E-state index contributed by atoms with van der Waals surface area (Å²) in [7, 11) is 0. The van der Waals surface area contributed by atoms with Gasteiger partial charge in [0, 0.05) is 0 Å². The highest BCUT2D eigenvalue weighted by molar-refractivity contribution is 5.86. The van der Waals surface area contributed by atoms with E-state index < -0.39 is 0 Å². The molecule has 0 heterocycles. The van der Waals surface area contributed by atoms with Crippen LogP contribution in [0.4, 0.5) is 0 Å². The minimum atomic E-state index is 1.31. The van der Waals surface area contributed by atoms with Gasteiger partial charge in [0.05, 0.1) is 0 Å². The van der Waals surface area contributed by atoms with E-state index in [0.717, 1.165) is 0 Å². The van der Waals surface area contributed by atoms with Crippen molar-refractivity contribution in [2.24, 2.45) is 0 Å². The molecule has 0 aliphatic rings. The second-order valence-electron chi connectivity index (χ2n) is 5.58. The lowest BCUT2D eigenvalue weighted by atomic mass is 10.0. The molecule has 0 bridgehead atoms. The van der Waals surface area contributed by atoms with E-state index in [9.17, 15) is 0 Å². The predicted molar refractivity (Wildman–Crippen MR) is 97.4 cm³/mol. The molecule has 4 aromatic rings. The summed E-state index contributed by atoms with van der Waals surface area (Å²) in [6.45, 7) is 4.33. The third kappa shape index (κ3) is 3.01. The summed E-state index contributed by atoms with van der Waals surface area (Å²) < 4.78 is 0. The smallest absolute Gasteiger partial charge is 0.0152 e. The Hall–Kier alpha value is -2.60. The third-order valence-electron chi connectivity index (χ3n) is 4.13. The van der Waals surface area contributed by atoms with Crippen molar-refractivity contribution in [3.63, 3.8) is 0 Å². The van der Waals surface area contributed by atoms with Crippen molar-refractivity contribution in [3.8, 4) is 0 Å². The van der Waals surface area contributed by atoms with Gasteiger partial charge in [-0.15, -0.1) is 0 Å². The van der Waals surface area contributed by atoms with Crippen LogP contribution in [0.1, 0.15) is 11.1 Å². The average molecular weight is 284 g/mol. The Bertz CT molecular complexity index is 838. The van der Waals surface area contributed by atoms with Crippen LogP contribution in [-0.2, 0) is 0 Å². The Kier molecular flexibility index (Phi) is 4.20. The van der Waals surface area contributed by atoms with Gasteiger partial charge in [0.25, 0.3) is 0 Å². The molecule has 22 heavy (non-hydrogen) atoms. The van der Waals surface area contributed by atoms with Gasteiger partial charge in [-0.05, 0) is 46.5 Å². The summed E-state index contributed by atoms with van der Waals surface area (Å²) in [5, 5.41) is 5.33. The molecular weight excluding hydrogens is 264 g/mol. The number of aryl methyl sites for hydroxylation is 2. The van der Waals surface area contributed by atoms with Gasteiger partial charge in [0.2, 0.25) is 0 Å². The van der Waals surface area contributed by atoms with Crippen molar-refractivity contribution in [3.05, 3.63) is 96.1 Å². The van der Waals surface area contributed by atoms with Gasteiger partial charge in [0.1, 0.15) is 0 Å². The molecule has 4 aromatic carbocycles. The highest BCUT2D eigenvalue weighted by Crippen LogP contribution is 2.20. The van der Waals surface area contributed by atoms with Crippen molar-refractivity contribution >= 4 is 21.5 Å². The molecule has 108 valence electrons. The van der Waals surface area contributed by atoms with Crippen LogP contribution in [0.5, 0.6) is 0 Å². The maximum Gasteiger partial charge on any atom is -0.0152 e. The topological polar surface area (TPSA) is 0 Å². The molecule has 0 aliphatic heterocycles. The largest absolute Gasteiger partial charge is 0.0616 e. The van der Waals surface area contributed by atoms with E-state index in [4.69, 9.17) is 0 Å². The van der Waals surface area contributed by atoms with Gasteiger partial charge in [-0.3, -0.25) is 0 Å². The number of rotatable bonds is 0. The first kappa shape index (κ1) is 14.3. The summed E-state index contributed by atoms with van der Waals surface area (Å²) in [6.07, 6.45) is 0. The molecule has 0 radical (unpaired) electrons. The summed E-state index contributed by atoms with van der Waals surface area (Å²) in [5.41, 5.74) is 2.77. The first-order valence-electron chi connectivity index (χ1n) is 7.64. The molecule has 0 atom stereocenters. The zero-order chi connectivity index (χ0) is 15.4. The molecule has 0 fully saturated rings. The van der Waals surface area contributed by atoms with Crippen LogP contribution in [0.2, 0.25) is 0 Å². The fraction of sp³-hybridized carbons (Fsp3) is 0.0909. The zero-order valence-corrected chi connectivity index (χ0v) is 13.1. The molecule has 0 aromatic heterocycles. The van der Waals surface area contributed by atoms with Crippen molar-refractivity contribution in [2.75, 3.05) is 0 Å². The summed E-state index contributed by atoms with van der Waals surface area (Å²) in [4.78, 5) is 0. The van der Waals surface area contributed by atoms with Crippen LogP contribution < -0.4 is 0 Å². The van der Waals surface area contributed by atoms with Gasteiger partial charge < -0.3 is 0 Å². The summed E-state index contributed by atoms with van der Waals surface area (Å²) >= 11 is 0. The maximum absolute atomic E-state index is 2.18. The Morgan fingerprint density at radius 3 is 1.45 bits per heavy atom. The fourth-order valence-corrected chi connectivity index (χ4v) is 2.67. The van der Waals surface area contributed by atoms with Gasteiger partial charge >= 0.3 is 0 Å². The van der Waals surface area contributed by atoms with E-state index in [1.54, 1.807) is 0 Å². The van der Waals surface area contributed by atoms with Crippen LogP contribution in [-0.4, -0.2) is 0 Å². The quantitative estimate of drug-likeness (QED) is 0.355. The molecule has 4 rings (SSSR count). The molecule has 0 spiro atoms. The molecule has 0 unspecified atom stereocenters. The summed E-state index contributed by atoms with van der Waals surface area (Å²) in [5.74, 6) is 0. The standard InChI is InChI=1S/C12H12.C10H8/c1-9-7-8-11-5-3-4-6-12(11)10(9)2;1-2-6-10-8-4-3-7-9(10)5-1/h3-8H,1-2H3;1-8H.